The van der Waals surface area contributed by atoms with Crippen molar-refractivity contribution in [3.8, 4) is 0 Å². The van der Waals surface area contributed by atoms with E-state index in [1.807, 2.05) is 10.7 Å². The summed E-state index contributed by atoms with van der Waals surface area (Å²) < 4.78 is 1.87. The molecule has 5 heteroatoms. The molecule has 94 valence electrons. The smallest absolute Gasteiger partial charge is 0.245 e. The Bertz CT molecular complexity index is 578. The Morgan fingerprint density at radius 1 is 1.28 bits per heavy atom. The van der Waals surface area contributed by atoms with E-state index in [-0.39, 0.29) is 0 Å². The monoisotopic (exact) mass is 243 g/mol. The van der Waals surface area contributed by atoms with Gasteiger partial charge >= 0.3 is 0 Å². The number of nitrogens with zero attached hydrogens (tertiary/aromatic N) is 4. The maximum Gasteiger partial charge on any atom is 0.245 e. The number of aromatic nitrogens is 3. The van der Waals surface area contributed by atoms with Crippen LogP contribution in [0.2, 0.25) is 0 Å². The average molecular weight is 243 g/mol. The minimum atomic E-state index is 0.776. The van der Waals surface area contributed by atoms with Crippen LogP contribution in [0.1, 0.15) is 5.56 Å². The van der Waals surface area contributed by atoms with Crippen LogP contribution in [0.5, 0.6) is 0 Å². The average Bonchev–Trinajstić information content (AvgIpc) is 2.99. The third-order valence-electron chi connectivity index (χ3n) is 4.15. The zero-order chi connectivity index (χ0) is 12.1. The summed E-state index contributed by atoms with van der Waals surface area (Å²) in [4.78, 5) is 6.97. The van der Waals surface area contributed by atoms with Crippen LogP contribution in [0.25, 0.3) is 5.65 Å². The molecule has 18 heavy (non-hydrogen) atoms. The molecule has 2 unspecified atom stereocenters. The summed E-state index contributed by atoms with van der Waals surface area (Å²) in [6.07, 6.45) is 1.99. The van der Waals surface area contributed by atoms with Crippen LogP contribution in [0.3, 0.4) is 0 Å². The van der Waals surface area contributed by atoms with Gasteiger partial charge in [0.1, 0.15) is 0 Å². The van der Waals surface area contributed by atoms with Gasteiger partial charge < -0.3 is 10.2 Å². The molecule has 2 fully saturated rings. The van der Waals surface area contributed by atoms with E-state index in [0.717, 1.165) is 49.6 Å². The number of anilines is 1. The maximum absolute atomic E-state index is 4.64. The third-order valence-corrected chi connectivity index (χ3v) is 4.15. The van der Waals surface area contributed by atoms with Gasteiger partial charge in [-0.1, -0.05) is 0 Å². The lowest BCUT2D eigenvalue weighted by Gasteiger charge is -2.14. The zero-order valence-electron chi connectivity index (χ0n) is 10.5. The normalized spacial score (nSPS) is 27.1. The molecule has 2 aromatic rings. The van der Waals surface area contributed by atoms with Gasteiger partial charge in [0.15, 0.2) is 5.65 Å². The lowest BCUT2D eigenvalue weighted by Crippen LogP contribution is -2.26. The highest BCUT2D eigenvalue weighted by molar-refractivity contribution is 5.47. The van der Waals surface area contributed by atoms with Crippen LogP contribution in [0.15, 0.2) is 18.3 Å². The van der Waals surface area contributed by atoms with Crippen LogP contribution < -0.4 is 10.2 Å². The molecule has 2 atom stereocenters. The predicted octanol–water partition coefficient (Wildman–Crippen LogP) is 0.693. The van der Waals surface area contributed by atoms with Crippen LogP contribution in [-0.4, -0.2) is 40.8 Å². The van der Waals surface area contributed by atoms with Crippen molar-refractivity contribution < 1.29 is 0 Å². The highest BCUT2D eigenvalue weighted by Gasteiger charge is 2.37. The summed E-state index contributed by atoms with van der Waals surface area (Å²) >= 11 is 0. The van der Waals surface area contributed by atoms with Gasteiger partial charge in [-0.3, -0.25) is 0 Å². The first kappa shape index (κ1) is 10.3. The van der Waals surface area contributed by atoms with Gasteiger partial charge in [-0.25, -0.2) is 4.52 Å². The summed E-state index contributed by atoms with van der Waals surface area (Å²) in [6.45, 7) is 6.56. The summed E-state index contributed by atoms with van der Waals surface area (Å²) in [5.41, 5.74) is 2.17. The van der Waals surface area contributed by atoms with Gasteiger partial charge in [-0.15, -0.1) is 5.10 Å². The highest BCUT2D eigenvalue weighted by atomic mass is 15.4. The molecular formula is C13H17N5. The molecule has 5 nitrogen and oxygen atoms in total. The Kier molecular flexibility index (Phi) is 2.11. The number of nitrogens with one attached hydrogen (secondary N) is 1. The van der Waals surface area contributed by atoms with Gasteiger partial charge in [0.2, 0.25) is 5.95 Å². The van der Waals surface area contributed by atoms with E-state index in [1.165, 1.54) is 5.56 Å². The molecule has 0 bridgehead atoms. The number of hydrogen-bond acceptors (Lipinski definition) is 4. The molecule has 0 spiro atoms. The van der Waals surface area contributed by atoms with Crippen molar-refractivity contribution in [3.05, 3.63) is 23.9 Å². The lowest BCUT2D eigenvalue weighted by molar-refractivity contribution is 0.533. The third kappa shape index (κ3) is 1.50. The number of rotatable bonds is 1. The van der Waals surface area contributed by atoms with E-state index in [1.54, 1.807) is 0 Å². The molecule has 2 saturated heterocycles. The Balaban J connectivity index is 1.67. The number of pyridine rings is 1. The molecule has 0 amide bonds. The minimum Gasteiger partial charge on any atom is -0.339 e. The second-order valence-corrected chi connectivity index (χ2v) is 5.50. The standard InChI is InChI=1S/C13H17N5/c1-9-2-3-18-12(4-9)15-13(16-18)17-7-10-5-14-6-11(10)8-17/h2-4,10-11,14H,5-8H2,1H3. The lowest BCUT2D eigenvalue weighted by atomic mass is 10.0. The summed E-state index contributed by atoms with van der Waals surface area (Å²) in [6, 6.07) is 4.14. The molecular weight excluding hydrogens is 226 g/mol. The molecule has 0 aromatic carbocycles. The van der Waals surface area contributed by atoms with Gasteiger partial charge in [-0.05, 0) is 36.5 Å². The van der Waals surface area contributed by atoms with Crippen molar-refractivity contribution in [1.29, 1.82) is 0 Å². The van der Waals surface area contributed by atoms with E-state index < -0.39 is 0 Å². The van der Waals surface area contributed by atoms with Crippen molar-refractivity contribution >= 4 is 11.6 Å². The molecule has 4 rings (SSSR count). The van der Waals surface area contributed by atoms with Gasteiger partial charge in [0, 0.05) is 32.4 Å². The molecule has 0 radical (unpaired) electrons. The summed E-state index contributed by atoms with van der Waals surface area (Å²) in [5, 5.41) is 8.03. The fraction of sp³-hybridized carbons (Fsp3) is 0.538. The van der Waals surface area contributed by atoms with Crippen molar-refractivity contribution in [2.75, 3.05) is 31.1 Å². The molecule has 1 N–H and O–H groups in total. The zero-order valence-corrected chi connectivity index (χ0v) is 10.5. The fourth-order valence-corrected chi connectivity index (χ4v) is 3.12. The molecule has 2 aromatic heterocycles. The predicted molar refractivity (Wildman–Crippen MR) is 69.8 cm³/mol. The Morgan fingerprint density at radius 2 is 2.06 bits per heavy atom. The SMILES string of the molecule is Cc1ccn2nc(N3CC4CNCC4C3)nc2c1. The van der Waals surface area contributed by atoms with Crippen molar-refractivity contribution in [2.24, 2.45) is 11.8 Å². The van der Waals surface area contributed by atoms with E-state index in [0.29, 0.717) is 0 Å². The van der Waals surface area contributed by atoms with Crippen molar-refractivity contribution in [2.45, 2.75) is 6.92 Å². The van der Waals surface area contributed by atoms with E-state index in [4.69, 9.17) is 0 Å². The molecule has 2 aliphatic heterocycles. The maximum atomic E-state index is 4.64. The van der Waals surface area contributed by atoms with Gasteiger partial charge in [0.25, 0.3) is 0 Å². The van der Waals surface area contributed by atoms with Crippen LogP contribution >= 0.6 is 0 Å². The highest BCUT2D eigenvalue weighted by Crippen LogP contribution is 2.28. The van der Waals surface area contributed by atoms with Gasteiger partial charge in [0.05, 0.1) is 0 Å². The Hall–Kier alpha value is -1.62. The van der Waals surface area contributed by atoms with E-state index in [9.17, 15) is 0 Å². The summed E-state index contributed by atoms with van der Waals surface area (Å²) in [7, 11) is 0. The first-order chi connectivity index (χ1) is 8.79. The second kappa shape index (κ2) is 3.68. The van der Waals surface area contributed by atoms with Crippen molar-refractivity contribution in [3.63, 3.8) is 0 Å². The van der Waals surface area contributed by atoms with E-state index in [2.05, 4.69) is 39.4 Å². The van der Waals surface area contributed by atoms with Crippen molar-refractivity contribution in [1.82, 2.24) is 19.9 Å². The largest absolute Gasteiger partial charge is 0.339 e. The van der Waals surface area contributed by atoms with Crippen LogP contribution in [0, 0.1) is 18.8 Å². The molecule has 0 aliphatic carbocycles. The second-order valence-electron chi connectivity index (χ2n) is 5.50. The van der Waals surface area contributed by atoms with Crippen LogP contribution in [-0.2, 0) is 0 Å². The number of aryl methyl sites for hydroxylation is 1. The Morgan fingerprint density at radius 3 is 2.83 bits per heavy atom. The molecule has 4 heterocycles. The fourth-order valence-electron chi connectivity index (χ4n) is 3.12. The van der Waals surface area contributed by atoms with Crippen LogP contribution in [0.4, 0.5) is 5.95 Å². The summed E-state index contributed by atoms with van der Waals surface area (Å²) in [5.74, 6) is 2.44. The van der Waals surface area contributed by atoms with Gasteiger partial charge in [-0.2, -0.15) is 4.98 Å². The van der Waals surface area contributed by atoms with E-state index >= 15 is 0 Å². The first-order valence-corrected chi connectivity index (χ1v) is 6.58. The number of fused-ring (bicyclic) bond motifs is 2. The quantitative estimate of drug-likeness (QED) is 0.800. The Labute approximate surface area is 106 Å². The first-order valence-electron chi connectivity index (χ1n) is 6.58. The number of hydrogen-bond donors (Lipinski definition) is 1. The molecule has 2 aliphatic rings. The topological polar surface area (TPSA) is 45.5 Å². The molecule has 0 saturated carbocycles. The minimum absolute atomic E-state index is 0.776.